The van der Waals surface area contributed by atoms with Crippen LogP contribution in [0.1, 0.15) is 33.0 Å². The van der Waals surface area contributed by atoms with Gasteiger partial charge in [0.1, 0.15) is 24.7 Å². The van der Waals surface area contributed by atoms with E-state index in [9.17, 15) is 0 Å². The topological polar surface area (TPSA) is 31.6 Å². The highest BCUT2D eigenvalue weighted by Gasteiger charge is 2.24. The first-order chi connectivity index (χ1) is 9.99. The summed E-state index contributed by atoms with van der Waals surface area (Å²) in [5.41, 5.74) is 3.45. The fourth-order valence-electron chi connectivity index (χ4n) is 2.61. The summed E-state index contributed by atoms with van der Waals surface area (Å²) in [6.45, 7) is 7.25. The summed E-state index contributed by atoms with van der Waals surface area (Å²) in [6, 6.07) is 3.99. The van der Waals surface area contributed by atoms with Gasteiger partial charge in [-0.2, -0.15) is 0 Å². The molecule has 1 atom stereocenters. The van der Waals surface area contributed by atoms with E-state index < -0.39 is 0 Å². The average Bonchev–Trinajstić information content (AvgIpc) is 2.70. The summed E-state index contributed by atoms with van der Waals surface area (Å²) in [5.74, 6) is 3.47. The monoisotopic (exact) mass is 414 g/mol. The molecule has 0 saturated carbocycles. The van der Waals surface area contributed by atoms with Crippen LogP contribution in [-0.2, 0) is 0 Å². The molecule has 0 radical (unpaired) electrons. The van der Waals surface area contributed by atoms with Gasteiger partial charge in [-0.3, -0.25) is 0 Å². The lowest BCUT2D eigenvalue weighted by molar-refractivity contribution is 0.171. The van der Waals surface area contributed by atoms with Crippen molar-refractivity contribution in [2.75, 3.05) is 13.2 Å². The molecule has 3 nitrogen and oxygen atoms in total. The number of aryl methyl sites for hydroxylation is 2. The third kappa shape index (κ3) is 2.61. The Bertz CT molecular complexity index is 691. The minimum atomic E-state index is 0.0418. The van der Waals surface area contributed by atoms with Crippen LogP contribution in [0, 0.1) is 20.8 Å². The molecule has 0 saturated heterocycles. The molecule has 1 aliphatic heterocycles. The maximum Gasteiger partial charge on any atom is 0.162 e. The molecule has 5 heteroatoms. The zero-order valence-corrected chi connectivity index (χ0v) is 15.3. The van der Waals surface area contributed by atoms with Crippen LogP contribution in [0.4, 0.5) is 0 Å². The van der Waals surface area contributed by atoms with E-state index in [1.165, 1.54) is 11.1 Å². The molecular weight excluding hydrogens is 400 g/mol. The fraction of sp³-hybridized carbons (Fsp3) is 0.375. The number of fused-ring (bicyclic) bond motifs is 1. The number of halogens is 2. The zero-order valence-electron chi connectivity index (χ0n) is 12.1. The first-order valence-corrected chi connectivity index (χ1v) is 8.49. The Hall–Kier alpha value is -0.940. The van der Waals surface area contributed by atoms with E-state index in [2.05, 4.69) is 38.8 Å². The number of furan rings is 1. The second-order valence-electron chi connectivity index (χ2n) is 5.13. The van der Waals surface area contributed by atoms with Crippen LogP contribution in [0.25, 0.3) is 0 Å². The molecule has 1 aromatic heterocycles. The Morgan fingerprint density at radius 2 is 1.62 bits per heavy atom. The Kier molecular flexibility index (Phi) is 4.06. The number of alkyl halides is 1. The first-order valence-electron chi connectivity index (χ1n) is 6.78. The van der Waals surface area contributed by atoms with Crippen molar-refractivity contribution in [3.8, 4) is 11.5 Å². The number of hydrogen-bond donors (Lipinski definition) is 0. The van der Waals surface area contributed by atoms with E-state index in [1.54, 1.807) is 0 Å². The van der Waals surface area contributed by atoms with Gasteiger partial charge in [-0.1, -0.05) is 31.9 Å². The van der Waals surface area contributed by atoms with E-state index in [0.29, 0.717) is 13.2 Å². The summed E-state index contributed by atoms with van der Waals surface area (Å²) in [4.78, 5) is 0.0418. The van der Waals surface area contributed by atoms with Crippen molar-refractivity contribution in [3.05, 3.63) is 44.8 Å². The SMILES string of the molecule is Cc1oc(C)c(C(Br)c2cc3c(cc2Br)OCCO3)c1C. The molecule has 0 amide bonds. The zero-order chi connectivity index (χ0) is 15.1. The van der Waals surface area contributed by atoms with Crippen molar-refractivity contribution in [3.63, 3.8) is 0 Å². The molecule has 2 heterocycles. The second kappa shape index (κ2) is 5.69. The average molecular weight is 416 g/mol. The number of rotatable bonds is 2. The van der Waals surface area contributed by atoms with Gasteiger partial charge in [-0.05, 0) is 44.0 Å². The molecule has 2 aromatic rings. The number of benzene rings is 1. The Morgan fingerprint density at radius 1 is 1.00 bits per heavy atom. The van der Waals surface area contributed by atoms with E-state index in [4.69, 9.17) is 13.9 Å². The molecule has 21 heavy (non-hydrogen) atoms. The summed E-state index contributed by atoms with van der Waals surface area (Å²) in [5, 5.41) is 0. The van der Waals surface area contributed by atoms with Crippen molar-refractivity contribution in [1.82, 2.24) is 0 Å². The fourth-order valence-corrected chi connectivity index (χ4v) is 4.52. The van der Waals surface area contributed by atoms with Gasteiger partial charge in [0.2, 0.25) is 0 Å². The summed E-state index contributed by atoms with van der Waals surface area (Å²) in [6.07, 6.45) is 0. The highest BCUT2D eigenvalue weighted by atomic mass is 79.9. The number of ether oxygens (including phenoxy) is 2. The quantitative estimate of drug-likeness (QED) is 0.630. The van der Waals surface area contributed by atoms with Gasteiger partial charge in [0.25, 0.3) is 0 Å². The van der Waals surface area contributed by atoms with Crippen molar-refractivity contribution >= 4 is 31.9 Å². The molecule has 1 aromatic carbocycles. The minimum Gasteiger partial charge on any atom is -0.486 e. The standard InChI is InChI=1S/C16H16Br2O3/c1-8-9(2)21-10(3)15(8)16(18)11-6-13-14(7-12(11)17)20-5-4-19-13/h6-7,16H,4-5H2,1-3H3. The van der Waals surface area contributed by atoms with Crippen molar-refractivity contribution in [2.24, 2.45) is 0 Å². The highest BCUT2D eigenvalue weighted by Crippen LogP contribution is 2.44. The van der Waals surface area contributed by atoms with E-state index in [0.717, 1.165) is 33.1 Å². The molecule has 0 bridgehead atoms. The Labute approximate surface area is 140 Å². The summed E-state index contributed by atoms with van der Waals surface area (Å²) >= 11 is 7.43. The van der Waals surface area contributed by atoms with Crippen LogP contribution in [0.2, 0.25) is 0 Å². The van der Waals surface area contributed by atoms with Gasteiger partial charge in [-0.15, -0.1) is 0 Å². The smallest absolute Gasteiger partial charge is 0.162 e. The normalized spacial score (nSPS) is 15.1. The van der Waals surface area contributed by atoms with Gasteiger partial charge in [0, 0.05) is 10.0 Å². The van der Waals surface area contributed by atoms with Gasteiger partial charge >= 0.3 is 0 Å². The first kappa shape index (κ1) is 15.0. The molecule has 3 rings (SSSR count). The molecule has 1 aliphatic rings. The lowest BCUT2D eigenvalue weighted by atomic mass is 10.0. The van der Waals surface area contributed by atoms with Crippen LogP contribution in [0.3, 0.4) is 0 Å². The van der Waals surface area contributed by atoms with Gasteiger partial charge in [0.05, 0.1) is 4.83 Å². The van der Waals surface area contributed by atoms with Gasteiger partial charge < -0.3 is 13.9 Å². The molecule has 0 spiro atoms. The van der Waals surface area contributed by atoms with Crippen LogP contribution in [0.5, 0.6) is 11.5 Å². The molecule has 0 aliphatic carbocycles. The van der Waals surface area contributed by atoms with Crippen molar-refractivity contribution < 1.29 is 13.9 Å². The molecule has 112 valence electrons. The Morgan fingerprint density at radius 3 is 2.19 bits per heavy atom. The van der Waals surface area contributed by atoms with Crippen molar-refractivity contribution in [1.29, 1.82) is 0 Å². The second-order valence-corrected chi connectivity index (χ2v) is 6.90. The molecule has 0 N–H and O–H groups in total. The lowest BCUT2D eigenvalue weighted by Gasteiger charge is -2.21. The van der Waals surface area contributed by atoms with Gasteiger partial charge in [-0.25, -0.2) is 0 Å². The van der Waals surface area contributed by atoms with Crippen LogP contribution < -0.4 is 9.47 Å². The molecule has 1 unspecified atom stereocenters. The van der Waals surface area contributed by atoms with Crippen molar-refractivity contribution in [2.45, 2.75) is 25.6 Å². The van der Waals surface area contributed by atoms with E-state index >= 15 is 0 Å². The maximum absolute atomic E-state index is 5.74. The van der Waals surface area contributed by atoms with Gasteiger partial charge in [0.15, 0.2) is 11.5 Å². The third-order valence-electron chi connectivity index (χ3n) is 3.81. The number of hydrogen-bond acceptors (Lipinski definition) is 3. The maximum atomic E-state index is 5.74. The van der Waals surface area contributed by atoms with Crippen LogP contribution in [-0.4, -0.2) is 13.2 Å². The predicted octanol–water partition coefficient (Wildman–Crippen LogP) is 5.22. The summed E-state index contributed by atoms with van der Waals surface area (Å²) < 4.78 is 18.0. The highest BCUT2D eigenvalue weighted by molar-refractivity contribution is 9.11. The largest absolute Gasteiger partial charge is 0.486 e. The third-order valence-corrected chi connectivity index (χ3v) is 5.44. The summed E-state index contributed by atoms with van der Waals surface area (Å²) in [7, 11) is 0. The Balaban J connectivity index is 2.07. The van der Waals surface area contributed by atoms with Crippen LogP contribution >= 0.6 is 31.9 Å². The molecule has 0 fully saturated rings. The van der Waals surface area contributed by atoms with E-state index in [1.807, 2.05) is 26.0 Å². The molecular formula is C16H16Br2O3. The minimum absolute atomic E-state index is 0.0418. The lowest BCUT2D eigenvalue weighted by Crippen LogP contribution is -2.15. The predicted molar refractivity (Wildman–Crippen MR) is 88.8 cm³/mol. The van der Waals surface area contributed by atoms with E-state index in [-0.39, 0.29) is 4.83 Å². The van der Waals surface area contributed by atoms with Crippen LogP contribution in [0.15, 0.2) is 21.0 Å².